The molecule has 1 heteroatoms. The molecule has 1 aliphatic carbocycles. The van der Waals surface area contributed by atoms with Crippen LogP contribution >= 0.6 is 0 Å². The monoisotopic (exact) mass is 171 g/mol. The molecule has 1 aromatic rings. The van der Waals surface area contributed by atoms with Crippen LogP contribution in [0.4, 0.5) is 0 Å². The van der Waals surface area contributed by atoms with Gasteiger partial charge in [-0.1, -0.05) is 24.3 Å². The van der Waals surface area contributed by atoms with Gasteiger partial charge in [0.25, 0.3) is 0 Å². The number of hydrogen-bond donors (Lipinski definition) is 0. The predicted octanol–water partition coefficient (Wildman–Crippen LogP) is 1.99. The van der Waals surface area contributed by atoms with Gasteiger partial charge in [-0.2, -0.15) is 0 Å². The molecule has 13 heavy (non-hydrogen) atoms. The maximum absolute atomic E-state index is 2.68. The van der Waals surface area contributed by atoms with Crippen LogP contribution in [0.5, 0.6) is 0 Å². The lowest BCUT2D eigenvalue weighted by Crippen LogP contribution is -2.65. The fourth-order valence-corrected chi connectivity index (χ4v) is 3.51. The molecule has 2 aliphatic heterocycles. The second-order valence-electron chi connectivity index (χ2n) is 4.61. The summed E-state index contributed by atoms with van der Waals surface area (Å²) in [6, 6.07) is 10.8. The van der Waals surface area contributed by atoms with Crippen molar-refractivity contribution < 1.29 is 0 Å². The largest absolute Gasteiger partial charge is 0.293 e. The highest BCUT2D eigenvalue weighted by atomic mass is 15.3. The van der Waals surface area contributed by atoms with Gasteiger partial charge in [0.05, 0.1) is 0 Å². The SMILES string of the molecule is c1ccc2c(c1)C[C@@H]1C3CCN3[C@@H]21. The molecule has 1 nitrogen and oxygen atoms in total. The fourth-order valence-electron chi connectivity index (χ4n) is 3.51. The maximum atomic E-state index is 2.68. The van der Waals surface area contributed by atoms with Gasteiger partial charge in [0.2, 0.25) is 0 Å². The molecule has 4 rings (SSSR count). The van der Waals surface area contributed by atoms with E-state index < -0.39 is 0 Å². The first-order valence-corrected chi connectivity index (χ1v) is 5.29. The van der Waals surface area contributed by atoms with E-state index in [9.17, 15) is 0 Å². The molecule has 3 aliphatic rings. The molecule has 2 saturated heterocycles. The van der Waals surface area contributed by atoms with Gasteiger partial charge in [0.15, 0.2) is 0 Å². The number of nitrogens with zero attached hydrogens (tertiary/aromatic N) is 1. The van der Waals surface area contributed by atoms with Crippen LogP contribution < -0.4 is 0 Å². The number of fused-ring (bicyclic) bond motifs is 6. The average Bonchev–Trinajstić information content (AvgIpc) is 2.42. The molecule has 0 bridgehead atoms. The second kappa shape index (κ2) is 1.98. The summed E-state index contributed by atoms with van der Waals surface area (Å²) >= 11 is 0. The van der Waals surface area contributed by atoms with E-state index >= 15 is 0 Å². The average molecular weight is 171 g/mol. The molecule has 0 saturated carbocycles. The van der Waals surface area contributed by atoms with Crippen molar-refractivity contribution in [2.24, 2.45) is 5.92 Å². The zero-order valence-electron chi connectivity index (χ0n) is 7.61. The van der Waals surface area contributed by atoms with Crippen LogP contribution in [0.3, 0.4) is 0 Å². The van der Waals surface area contributed by atoms with E-state index in [1.165, 1.54) is 19.4 Å². The van der Waals surface area contributed by atoms with Gasteiger partial charge in [-0.15, -0.1) is 0 Å². The first-order valence-electron chi connectivity index (χ1n) is 5.29. The fraction of sp³-hybridized carbons (Fsp3) is 0.500. The van der Waals surface area contributed by atoms with Crippen molar-refractivity contribution in [1.82, 2.24) is 4.90 Å². The Morgan fingerprint density at radius 3 is 3.00 bits per heavy atom. The van der Waals surface area contributed by atoms with Crippen molar-refractivity contribution in [2.45, 2.75) is 24.9 Å². The van der Waals surface area contributed by atoms with E-state index in [0.717, 1.165) is 18.0 Å². The highest BCUT2D eigenvalue weighted by molar-refractivity contribution is 5.40. The first kappa shape index (κ1) is 6.61. The van der Waals surface area contributed by atoms with E-state index in [4.69, 9.17) is 0 Å². The van der Waals surface area contributed by atoms with Gasteiger partial charge < -0.3 is 0 Å². The summed E-state index contributed by atoms with van der Waals surface area (Å²) in [4.78, 5) is 2.68. The van der Waals surface area contributed by atoms with E-state index in [2.05, 4.69) is 29.2 Å². The molecule has 0 radical (unpaired) electrons. The number of rotatable bonds is 0. The van der Waals surface area contributed by atoms with Crippen molar-refractivity contribution in [3.05, 3.63) is 35.4 Å². The van der Waals surface area contributed by atoms with E-state index in [0.29, 0.717) is 0 Å². The Morgan fingerprint density at radius 2 is 2.15 bits per heavy atom. The molecule has 1 aromatic carbocycles. The van der Waals surface area contributed by atoms with E-state index in [1.807, 2.05) is 0 Å². The normalized spacial score (nSPS) is 39.8. The van der Waals surface area contributed by atoms with Crippen LogP contribution in [0.1, 0.15) is 23.6 Å². The summed E-state index contributed by atoms with van der Waals surface area (Å²) in [6.45, 7) is 1.35. The van der Waals surface area contributed by atoms with Gasteiger partial charge in [0.1, 0.15) is 0 Å². The zero-order valence-corrected chi connectivity index (χ0v) is 7.61. The third-order valence-electron chi connectivity index (χ3n) is 4.20. The van der Waals surface area contributed by atoms with Crippen LogP contribution in [0.2, 0.25) is 0 Å². The van der Waals surface area contributed by atoms with Gasteiger partial charge in [-0.05, 0) is 29.9 Å². The molecule has 3 atom stereocenters. The van der Waals surface area contributed by atoms with Crippen LogP contribution in [0.15, 0.2) is 24.3 Å². The zero-order chi connectivity index (χ0) is 8.41. The summed E-state index contributed by atoms with van der Waals surface area (Å²) < 4.78 is 0. The Labute approximate surface area is 78.4 Å². The van der Waals surface area contributed by atoms with Crippen LogP contribution in [-0.4, -0.2) is 17.5 Å². The lowest BCUT2D eigenvalue weighted by Gasteiger charge is -2.60. The molecule has 1 unspecified atom stereocenters. The lowest BCUT2D eigenvalue weighted by atomic mass is 9.73. The standard InChI is InChI=1S/C12H13N/c1-2-4-9-8(3-1)7-10-11-5-6-13(11)12(9)10/h1-4,10-12H,5-7H2/t10-,11?,12+/m1/s1. The Hall–Kier alpha value is -0.820. The molecule has 0 aromatic heterocycles. The Bertz CT molecular complexity index is 371. The van der Waals surface area contributed by atoms with Crippen molar-refractivity contribution in [3.8, 4) is 0 Å². The summed E-state index contributed by atoms with van der Waals surface area (Å²) in [7, 11) is 0. The van der Waals surface area contributed by atoms with Crippen molar-refractivity contribution in [1.29, 1.82) is 0 Å². The molecule has 0 N–H and O–H groups in total. The Morgan fingerprint density at radius 1 is 1.23 bits per heavy atom. The molecule has 0 spiro atoms. The van der Waals surface area contributed by atoms with Crippen molar-refractivity contribution in [2.75, 3.05) is 6.54 Å². The van der Waals surface area contributed by atoms with E-state index in [1.54, 1.807) is 11.1 Å². The molecular formula is C12H13N. The van der Waals surface area contributed by atoms with Crippen molar-refractivity contribution in [3.63, 3.8) is 0 Å². The van der Waals surface area contributed by atoms with Gasteiger partial charge in [-0.25, -0.2) is 0 Å². The minimum absolute atomic E-state index is 0.815. The maximum Gasteiger partial charge on any atom is 0.0400 e. The summed E-state index contributed by atoms with van der Waals surface area (Å²) in [5.74, 6) is 0.978. The third kappa shape index (κ3) is 0.614. The molecular weight excluding hydrogens is 158 g/mol. The van der Waals surface area contributed by atoms with Crippen molar-refractivity contribution >= 4 is 0 Å². The van der Waals surface area contributed by atoms with Crippen LogP contribution in [-0.2, 0) is 6.42 Å². The highest BCUT2D eigenvalue weighted by Gasteiger charge is 2.56. The first-order chi connectivity index (χ1) is 6.45. The molecule has 66 valence electrons. The predicted molar refractivity (Wildman–Crippen MR) is 51.5 cm³/mol. The topological polar surface area (TPSA) is 3.24 Å². The minimum Gasteiger partial charge on any atom is -0.293 e. The lowest BCUT2D eigenvalue weighted by molar-refractivity contribution is -0.121. The third-order valence-corrected chi connectivity index (χ3v) is 4.20. The summed E-state index contributed by atoms with van der Waals surface area (Å²) in [5.41, 5.74) is 3.25. The number of benzene rings is 1. The summed E-state index contributed by atoms with van der Waals surface area (Å²) in [6.07, 6.45) is 2.80. The van der Waals surface area contributed by atoms with E-state index in [-0.39, 0.29) is 0 Å². The summed E-state index contributed by atoms with van der Waals surface area (Å²) in [5, 5.41) is 0. The Balaban J connectivity index is 1.84. The Kier molecular flexibility index (Phi) is 1.01. The second-order valence-corrected chi connectivity index (χ2v) is 4.61. The minimum atomic E-state index is 0.815. The molecule has 2 heterocycles. The van der Waals surface area contributed by atoms with Gasteiger partial charge >= 0.3 is 0 Å². The smallest absolute Gasteiger partial charge is 0.0400 e. The van der Waals surface area contributed by atoms with Gasteiger partial charge in [0, 0.05) is 18.6 Å². The van der Waals surface area contributed by atoms with Gasteiger partial charge in [-0.3, -0.25) is 4.90 Å². The highest BCUT2D eigenvalue weighted by Crippen LogP contribution is 2.56. The quantitative estimate of drug-likeness (QED) is 0.577. The van der Waals surface area contributed by atoms with Crippen LogP contribution in [0.25, 0.3) is 0 Å². The number of piperidine rings is 1. The number of hydrogen-bond acceptors (Lipinski definition) is 1. The molecule has 0 amide bonds. The van der Waals surface area contributed by atoms with Crippen LogP contribution in [0, 0.1) is 5.92 Å². The molecule has 2 fully saturated rings.